The third-order valence-electron chi connectivity index (χ3n) is 2.27. The van der Waals surface area contributed by atoms with E-state index in [9.17, 15) is 4.79 Å². The number of rotatable bonds is 8. The number of hydrogen-bond acceptors (Lipinski definition) is 5. The summed E-state index contributed by atoms with van der Waals surface area (Å²) in [6.45, 7) is 5.79. The molecule has 0 aliphatic carbocycles. The Labute approximate surface area is 112 Å². The molecule has 3 N–H and O–H groups in total. The van der Waals surface area contributed by atoms with Gasteiger partial charge in [0.15, 0.2) is 0 Å². The zero-order valence-electron chi connectivity index (χ0n) is 10.9. The second kappa shape index (κ2) is 8.18. The van der Waals surface area contributed by atoms with Crippen molar-refractivity contribution in [1.82, 2.24) is 10.3 Å². The molecule has 0 spiro atoms. The Balaban J connectivity index is 2.13. The summed E-state index contributed by atoms with van der Waals surface area (Å²) in [5, 5.41) is 5.35. The summed E-state index contributed by atoms with van der Waals surface area (Å²) in [5.74, 6) is -0.129. The molecule has 0 bridgehead atoms. The summed E-state index contributed by atoms with van der Waals surface area (Å²) < 4.78 is 5.41. The summed E-state index contributed by atoms with van der Waals surface area (Å²) in [4.78, 5) is 15.8. The first-order valence-corrected chi connectivity index (χ1v) is 7.05. The molecule has 5 nitrogen and oxygen atoms in total. The van der Waals surface area contributed by atoms with Crippen LogP contribution in [0.4, 0.5) is 0 Å². The van der Waals surface area contributed by atoms with E-state index in [0.29, 0.717) is 18.8 Å². The van der Waals surface area contributed by atoms with E-state index >= 15 is 0 Å². The van der Waals surface area contributed by atoms with Crippen molar-refractivity contribution < 1.29 is 9.53 Å². The maximum absolute atomic E-state index is 11.7. The van der Waals surface area contributed by atoms with Crippen LogP contribution in [0.1, 0.15) is 42.2 Å². The van der Waals surface area contributed by atoms with E-state index in [1.165, 1.54) is 11.3 Å². The minimum Gasteiger partial charge on any atom is -0.379 e. The lowest BCUT2D eigenvalue weighted by Gasteiger charge is -2.07. The van der Waals surface area contributed by atoms with E-state index in [-0.39, 0.29) is 12.0 Å². The highest BCUT2D eigenvalue weighted by atomic mass is 32.1. The molecule has 0 aliphatic heterocycles. The molecule has 0 saturated heterocycles. The smallest absolute Gasteiger partial charge is 0.270 e. The number of hydrogen-bond donors (Lipinski definition) is 2. The van der Waals surface area contributed by atoms with Crippen LogP contribution in [0.2, 0.25) is 0 Å². The van der Waals surface area contributed by atoms with Gasteiger partial charge >= 0.3 is 0 Å². The molecule has 1 rings (SSSR count). The number of nitrogens with two attached hydrogens (primary N) is 1. The summed E-state index contributed by atoms with van der Waals surface area (Å²) in [6, 6.07) is 0. The van der Waals surface area contributed by atoms with Crippen LogP contribution in [0.3, 0.4) is 0 Å². The van der Waals surface area contributed by atoms with Crippen LogP contribution in [-0.2, 0) is 11.3 Å². The van der Waals surface area contributed by atoms with Crippen LogP contribution < -0.4 is 11.1 Å². The van der Waals surface area contributed by atoms with Crippen molar-refractivity contribution >= 4 is 17.2 Å². The molecular formula is C12H21N3O2S. The maximum atomic E-state index is 11.7. The number of amides is 1. The molecule has 102 valence electrons. The van der Waals surface area contributed by atoms with Crippen molar-refractivity contribution in [2.45, 2.75) is 39.3 Å². The average molecular weight is 271 g/mol. The van der Waals surface area contributed by atoms with E-state index in [1.54, 1.807) is 5.38 Å². The molecule has 0 unspecified atom stereocenters. The monoisotopic (exact) mass is 271 g/mol. The van der Waals surface area contributed by atoms with Crippen molar-refractivity contribution in [3.63, 3.8) is 0 Å². The van der Waals surface area contributed by atoms with Gasteiger partial charge in [0.1, 0.15) is 10.7 Å². The van der Waals surface area contributed by atoms with E-state index in [0.717, 1.165) is 24.5 Å². The molecule has 0 aliphatic rings. The molecule has 0 saturated carbocycles. The molecule has 0 fully saturated rings. The Morgan fingerprint density at radius 1 is 1.56 bits per heavy atom. The van der Waals surface area contributed by atoms with Crippen LogP contribution in [0.5, 0.6) is 0 Å². The lowest BCUT2D eigenvalue weighted by atomic mass is 10.3. The number of unbranched alkanes of at least 4 members (excludes halogenated alkanes) is 1. The standard InChI is InChI=1S/C12H21N3O2S/c1-9(2)17-6-4-3-5-14-12(16)10-8-18-11(7-13)15-10/h8-9H,3-7,13H2,1-2H3,(H,14,16). The van der Waals surface area contributed by atoms with Gasteiger partial charge in [0, 0.05) is 25.1 Å². The quantitative estimate of drug-likeness (QED) is 0.703. The zero-order chi connectivity index (χ0) is 13.4. The number of nitrogens with zero attached hydrogens (tertiary/aromatic N) is 1. The van der Waals surface area contributed by atoms with Crippen molar-refractivity contribution in [3.8, 4) is 0 Å². The fraction of sp³-hybridized carbons (Fsp3) is 0.667. The molecule has 0 atom stereocenters. The first-order chi connectivity index (χ1) is 8.63. The fourth-order valence-electron chi connectivity index (χ4n) is 1.35. The van der Waals surface area contributed by atoms with Crippen molar-refractivity contribution in [1.29, 1.82) is 0 Å². The van der Waals surface area contributed by atoms with Crippen molar-refractivity contribution in [2.75, 3.05) is 13.2 Å². The third kappa shape index (κ3) is 5.57. The molecule has 1 heterocycles. The molecule has 1 amide bonds. The van der Waals surface area contributed by atoms with E-state index < -0.39 is 0 Å². The van der Waals surface area contributed by atoms with Gasteiger partial charge in [-0.1, -0.05) is 0 Å². The Morgan fingerprint density at radius 3 is 2.94 bits per heavy atom. The van der Waals surface area contributed by atoms with Gasteiger partial charge in [-0.15, -0.1) is 11.3 Å². The maximum Gasteiger partial charge on any atom is 0.270 e. The van der Waals surface area contributed by atoms with Crippen LogP contribution >= 0.6 is 11.3 Å². The molecular weight excluding hydrogens is 250 g/mol. The number of carbonyl (C=O) groups excluding carboxylic acids is 1. The van der Waals surface area contributed by atoms with Crippen molar-refractivity contribution in [3.05, 3.63) is 16.1 Å². The zero-order valence-corrected chi connectivity index (χ0v) is 11.8. The van der Waals surface area contributed by atoms with E-state index in [2.05, 4.69) is 10.3 Å². The SMILES string of the molecule is CC(C)OCCCCNC(=O)c1csc(CN)n1. The number of ether oxygens (including phenoxy) is 1. The van der Waals surface area contributed by atoms with Gasteiger partial charge in [0.05, 0.1) is 6.10 Å². The first-order valence-electron chi connectivity index (χ1n) is 6.17. The highest BCUT2D eigenvalue weighted by Gasteiger charge is 2.08. The topological polar surface area (TPSA) is 77.2 Å². The van der Waals surface area contributed by atoms with Gasteiger partial charge in [-0.2, -0.15) is 0 Å². The number of aromatic nitrogens is 1. The largest absolute Gasteiger partial charge is 0.379 e. The van der Waals surface area contributed by atoms with E-state index in [1.807, 2.05) is 13.8 Å². The van der Waals surface area contributed by atoms with Crippen LogP contribution in [0.15, 0.2) is 5.38 Å². The Kier molecular flexibility index (Phi) is 6.85. The molecule has 18 heavy (non-hydrogen) atoms. The predicted molar refractivity (Wildman–Crippen MR) is 72.7 cm³/mol. The Morgan fingerprint density at radius 2 is 2.33 bits per heavy atom. The average Bonchev–Trinajstić information content (AvgIpc) is 2.81. The molecule has 1 aromatic rings. The number of carbonyl (C=O) groups is 1. The summed E-state index contributed by atoms with van der Waals surface area (Å²) in [6.07, 6.45) is 2.12. The fourth-order valence-corrected chi connectivity index (χ4v) is 2.00. The Bertz CT molecular complexity index is 366. The second-order valence-electron chi connectivity index (χ2n) is 4.21. The normalized spacial score (nSPS) is 10.9. The minimum absolute atomic E-state index is 0.129. The summed E-state index contributed by atoms with van der Waals surface area (Å²) in [5.41, 5.74) is 5.90. The lowest BCUT2D eigenvalue weighted by Crippen LogP contribution is -2.25. The molecule has 0 aromatic carbocycles. The molecule has 1 aromatic heterocycles. The third-order valence-corrected chi connectivity index (χ3v) is 3.14. The van der Waals surface area contributed by atoms with Crippen LogP contribution in [-0.4, -0.2) is 30.1 Å². The summed E-state index contributed by atoms with van der Waals surface area (Å²) >= 11 is 1.41. The molecule has 6 heteroatoms. The van der Waals surface area contributed by atoms with Crippen LogP contribution in [0, 0.1) is 0 Å². The first kappa shape index (κ1) is 15.1. The molecule has 0 radical (unpaired) electrons. The van der Waals surface area contributed by atoms with Gasteiger partial charge in [0.25, 0.3) is 5.91 Å². The van der Waals surface area contributed by atoms with Gasteiger partial charge in [-0.05, 0) is 26.7 Å². The lowest BCUT2D eigenvalue weighted by molar-refractivity contribution is 0.0754. The van der Waals surface area contributed by atoms with Crippen molar-refractivity contribution in [2.24, 2.45) is 5.73 Å². The number of nitrogens with one attached hydrogen (secondary N) is 1. The Hall–Kier alpha value is -0.980. The van der Waals surface area contributed by atoms with Gasteiger partial charge < -0.3 is 15.8 Å². The van der Waals surface area contributed by atoms with Gasteiger partial charge in [-0.25, -0.2) is 4.98 Å². The van der Waals surface area contributed by atoms with Gasteiger partial charge in [-0.3, -0.25) is 4.79 Å². The van der Waals surface area contributed by atoms with Gasteiger partial charge in [0.2, 0.25) is 0 Å². The summed E-state index contributed by atoms with van der Waals surface area (Å²) in [7, 11) is 0. The predicted octanol–water partition coefficient (Wildman–Crippen LogP) is 1.54. The highest BCUT2D eigenvalue weighted by molar-refractivity contribution is 7.09. The van der Waals surface area contributed by atoms with E-state index in [4.69, 9.17) is 10.5 Å². The minimum atomic E-state index is -0.129. The van der Waals surface area contributed by atoms with Crippen LogP contribution in [0.25, 0.3) is 0 Å². The second-order valence-corrected chi connectivity index (χ2v) is 5.16. The highest BCUT2D eigenvalue weighted by Crippen LogP contribution is 2.08. The number of thiazole rings is 1.